The second-order valence-electron chi connectivity index (χ2n) is 6.49. The van der Waals surface area contributed by atoms with Gasteiger partial charge in [-0.3, -0.25) is 4.98 Å². The predicted molar refractivity (Wildman–Crippen MR) is 85.2 cm³/mol. The van der Waals surface area contributed by atoms with E-state index >= 15 is 0 Å². The first-order valence-electron chi connectivity index (χ1n) is 7.68. The molecule has 1 fully saturated rings. The van der Waals surface area contributed by atoms with Crippen molar-refractivity contribution in [2.24, 2.45) is 0 Å². The largest absolute Gasteiger partial charge is 0.310 e. The van der Waals surface area contributed by atoms with E-state index in [2.05, 4.69) is 51.2 Å². The molecule has 1 aromatic carbocycles. The average Bonchev–Trinajstić information content (AvgIpc) is 3.19. The van der Waals surface area contributed by atoms with Crippen LogP contribution in [0.4, 0.5) is 0 Å². The zero-order valence-corrected chi connectivity index (χ0v) is 13.0. The number of pyridine rings is 1. The lowest BCUT2D eigenvalue weighted by Crippen LogP contribution is -2.16. The van der Waals surface area contributed by atoms with E-state index in [4.69, 9.17) is 4.98 Å². The Bertz CT molecular complexity index is 639. The molecule has 1 saturated carbocycles. The lowest BCUT2D eigenvalue weighted by molar-refractivity contribution is 0.688. The first kappa shape index (κ1) is 13.6. The van der Waals surface area contributed by atoms with Crippen LogP contribution in [-0.2, 0) is 6.54 Å². The zero-order valence-electron chi connectivity index (χ0n) is 13.0. The van der Waals surface area contributed by atoms with Gasteiger partial charge in [-0.15, -0.1) is 0 Å². The van der Waals surface area contributed by atoms with Crippen LogP contribution in [0, 0.1) is 13.8 Å². The summed E-state index contributed by atoms with van der Waals surface area (Å²) in [6, 6.07) is 7.55. The maximum atomic E-state index is 4.89. The van der Waals surface area contributed by atoms with Crippen molar-refractivity contribution in [3.05, 3.63) is 40.6 Å². The summed E-state index contributed by atoms with van der Waals surface area (Å²) in [5.41, 5.74) is 6.39. The number of rotatable bonds is 4. The lowest BCUT2D eigenvalue weighted by atomic mass is 9.99. The maximum absolute atomic E-state index is 4.89. The molecule has 106 valence electrons. The minimum atomic E-state index is 0.472. The number of fused-ring (bicyclic) bond motifs is 1. The van der Waals surface area contributed by atoms with Crippen molar-refractivity contribution >= 4 is 10.9 Å². The number of aryl methyl sites for hydroxylation is 2. The van der Waals surface area contributed by atoms with Gasteiger partial charge in [0.1, 0.15) is 0 Å². The van der Waals surface area contributed by atoms with Crippen LogP contribution in [0.2, 0.25) is 0 Å². The van der Waals surface area contributed by atoms with Gasteiger partial charge in [-0.2, -0.15) is 0 Å². The van der Waals surface area contributed by atoms with Gasteiger partial charge >= 0.3 is 0 Å². The Labute approximate surface area is 121 Å². The fourth-order valence-corrected chi connectivity index (χ4v) is 2.75. The topological polar surface area (TPSA) is 24.9 Å². The molecule has 0 spiro atoms. The monoisotopic (exact) mass is 268 g/mol. The lowest BCUT2D eigenvalue weighted by Gasteiger charge is -2.14. The number of benzene rings is 1. The maximum Gasteiger partial charge on any atom is 0.0738 e. The summed E-state index contributed by atoms with van der Waals surface area (Å²) >= 11 is 0. The van der Waals surface area contributed by atoms with E-state index in [-0.39, 0.29) is 0 Å². The molecule has 0 saturated heterocycles. The molecule has 1 N–H and O–H groups in total. The summed E-state index contributed by atoms with van der Waals surface area (Å²) in [4.78, 5) is 4.89. The Hall–Kier alpha value is -1.41. The van der Waals surface area contributed by atoms with Gasteiger partial charge in [0.2, 0.25) is 0 Å². The fraction of sp³-hybridized carbons (Fsp3) is 0.500. The molecule has 0 unspecified atom stereocenters. The molecule has 1 heterocycles. The number of nitrogens with one attached hydrogen (secondary N) is 1. The Kier molecular flexibility index (Phi) is 3.51. The van der Waals surface area contributed by atoms with Crippen LogP contribution >= 0.6 is 0 Å². The van der Waals surface area contributed by atoms with E-state index in [1.54, 1.807) is 0 Å². The number of hydrogen-bond donors (Lipinski definition) is 1. The Balaban J connectivity index is 2.11. The normalized spacial score (nSPS) is 15.2. The Morgan fingerprint density at radius 3 is 2.60 bits per heavy atom. The zero-order chi connectivity index (χ0) is 14.3. The smallest absolute Gasteiger partial charge is 0.0738 e. The standard InChI is InChI=1S/C18H24N2/c1-11(2)17-9-14(10-19-15-5-6-15)16-8-12(3)7-13(4)18(16)20-17/h7-9,11,15,19H,5-6,10H2,1-4H3. The first-order valence-corrected chi connectivity index (χ1v) is 7.68. The molecule has 0 bridgehead atoms. The summed E-state index contributed by atoms with van der Waals surface area (Å²) < 4.78 is 0. The fourth-order valence-electron chi connectivity index (χ4n) is 2.75. The van der Waals surface area contributed by atoms with Gasteiger partial charge in [-0.05, 0) is 55.9 Å². The Morgan fingerprint density at radius 2 is 1.95 bits per heavy atom. The molecule has 0 radical (unpaired) electrons. The van der Waals surface area contributed by atoms with Gasteiger partial charge in [0.05, 0.1) is 5.52 Å². The highest BCUT2D eigenvalue weighted by Gasteiger charge is 2.21. The van der Waals surface area contributed by atoms with Crippen LogP contribution in [0.3, 0.4) is 0 Å². The molecule has 2 nitrogen and oxygen atoms in total. The highest BCUT2D eigenvalue weighted by atomic mass is 14.9. The summed E-state index contributed by atoms with van der Waals surface area (Å²) in [6.45, 7) is 9.74. The Morgan fingerprint density at radius 1 is 1.20 bits per heavy atom. The summed E-state index contributed by atoms with van der Waals surface area (Å²) in [7, 11) is 0. The number of nitrogens with zero attached hydrogens (tertiary/aromatic N) is 1. The second kappa shape index (κ2) is 5.17. The number of aromatic nitrogens is 1. The second-order valence-corrected chi connectivity index (χ2v) is 6.49. The molecule has 0 atom stereocenters. The van der Waals surface area contributed by atoms with Crippen molar-refractivity contribution in [2.45, 2.75) is 59.0 Å². The van der Waals surface area contributed by atoms with Crippen LogP contribution in [0.25, 0.3) is 10.9 Å². The van der Waals surface area contributed by atoms with Gasteiger partial charge in [0.15, 0.2) is 0 Å². The minimum Gasteiger partial charge on any atom is -0.310 e. The van der Waals surface area contributed by atoms with E-state index in [9.17, 15) is 0 Å². The van der Waals surface area contributed by atoms with Crippen LogP contribution in [0.15, 0.2) is 18.2 Å². The van der Waals surface area contributed by atoms with Crippen molar-refractivity contribution in [1.82, 2.24) is 10.3 Å². The molecule has 0 amide bonds. The van der Waals surface area contributed by atoms with Gasteiger partial charge in [0.25, 0.3) is 0 Å². The predicted octanol–water partition coefficient (Wildman–Crippen LogP) is 4.23. The average molecular weight is 268 g/mol. The number of hydrogen-bond acceptors (Lipinski definition) is 2. The quantitative estimate of drug-likeness (QED) is 0.897. The third-order valence-electron chi connectivity index (χ3n) is 4.10. The van der Waals surface area contributed by atoms with E-state index < -0.39 is 0 Å². The highest BCUT2D eigenvalue weighted by Crippen LogP contribution is 2.27. The minimum absolute atomic E-state index is 0.472. The van der Waals surface area contributed by atoms with Crippen molar-refractivity contribution in [3.8, 4) is 0 Å². The molecule has 0 aliphatic heterocycles. The van der Waals surface area contributed by atoms with Gasteiger partial charge in [-0.25, -0.2) is 0 Å². The van der Waals surface area contributed by atoms with Gasteiger partial charge in [0, 0.05) is 23.7 Å². The molecule has 1 aliphatic rings. The molecule has 1 aliphatic carbocycles. The van der Waals surface area contributed by atoms with Gasteiger partial charge in [-0.1, -0.05) is 25.5 Å². The summed E-state index contributed by atoms with van der Waals surface area (Å²) in [5, 5.41) is 4.96. The molecule has 1 aromatic heterocycles. The first-order chi connectivity index (χ1) is 9.54. The SMILES string of the molecule is Cc1cc(C)c2nc(C(C)C)cc(CNC3CC3)c2c1. The van der Waals surface area contributed by atoms with E-state index in [0.29, 0.717) is 5.92 Å². The highest BCUT2D eigenvalue weighted by molar-refractivity contribution is 5.86. The van der Waals surface area contributed by atoms with Crippen LogP contribution in [-0.4, -0.2) is 11.0 Å². The van der Waals surface area contributed by atoms with Gasteiger partial charge < -0.3 is 5.32 Å². The van der Waals surface area contributed by atoms with E-state index in [1.807, 2.05) is 0 Å². The van der Waals surface area contributed by atoms with Crippen molar-refractivity contribution in [2.75, 3.05) is 0 Å². The molecule has 2 aromatic rings. The molecule has 3 rings (SSSR count). The van der Waals surface area contributed by atoms with Crippen LogP contribution in [0.1, 0.15) is 55.0 Å². The van der Waals surface area contributed by atoms with E-state index in [1.165, 1.54) is 46.1 Å². The van der Waals surface area contributed by atoms with Crippen molar-refractivity contribution in [3.63, 3.8) is 0 Å². The van der Waals surface area contributed by atoms with Crippen molar-refractivity contribution in [1.29, 1.82) is 0 Å². The van der Waals surface area contributed by atoms with Crippen LogP contribution in [0.5, 0.6) is 0 Å². The third kappa shape index (κ3) is 2.71. The summed E-state index contributed by atoms with van der Waals surface area (Å²) in [6.07, 6.45) is 2.66. The summed E-state index contributed by atoms with van der Waals surface area (Å²) in [5.74, 6) is 0.472. The molecular formula is C18H24N2. The third-order valence-corrected chi connectivity index (χ3v) is 4.10. The van der Waals surface area contributed by atoms with Crippen molar-refractivity contribution < 1.29 is 0 Å². The molecule has 20 heavy (non-hydrogen) atoms. The molecular weight excluding hydrogens is 244 g/mol. The molecule has 2 heteroatoms. The van der Waals surface area contributed by atoms with Crippen LogP contribution < -0.4 is 5.32 Å². The van der Waals surface area contributed by atoms with E-state index in [0.717, 1.165) is 12.6 Å².